The van der Waals surface area contributed by atoms with Crippen LogP contribution in [0.4, 0.5) is 4.39 Å². The number of carbonyl (C=O) groups is 1. The Balaban J connectivity index is 2.13. The summed E-state index contributed by atoms with van der Waals surface area (Å²) < 4.78 is 14.3. The highest BCUT2D eigenvalue weighted by molar-refractivity contribution is 5.92. The van der Waals surface area contributed by atoms with Gasteiger partial charge in [0.05, 0.1) is 11.9 Å². The number of hydrogen-bond acceptors (Lipinski definition) is 4. The van der Waals surface area contributed by atoms with E-state index < -0.39 is 0 Å². The third-order valence-electron chi connectivity index (χ3n) is 3.59. The fourth-order valence-corrected chi connectivity index (χ4v) is 2.17. The maximum absolute atomic E-state index is 12.9. The molecule has 0 saturated carbocycles. The Morgan fingerprint density at radius 2 is 2.00 bits per heavy atom. The summed E-state index contributed by atoms with van der Waals surface area (Å²) in [6.45, 7) is 5.96. The van der Waals surface area contributed by atoms with Crippen molar-refractivity contribution in [3.8, 4) is 5.69 Å². The van der Waals surface area contributed by atoms with Crippen molar-refractivity contribution >= 4 is 5.91 Å². The third kappa shape index (κ3) is 4.35. The second-order valence-electron chi connectivity index (χ2n) is 6.43. The molecule has 1 amide bonds. The summed E-state index contributed by atoms with van der Waals surface area (Å²) in [7, 11) is 0. The molecule has 0 saturated heterocycles. The van der Waals surface area contributed by atoms with Crippen LogP contribution in [0.1, 0.15) is 37.7 Å². The van der Waals surface area contributed by atoms with E-state index in [0.717, 1.165) is 0 Å². The molecule has 0 aliphatic rings. The van der Waals surface area contributed by atoms with E-state index in [0.29, 0.717) is 12.1 Å². The maximum atomic E-state index is 12.9. The van der Waals surface area contributed by atoms with Gasteiger partial charge >= 0.3 is 0 Å². The van der Waals surface area contributed by atoms with Gasteiger partial charge in [-0.05, 0) is 36.1 Å². The summed E-state index contributed by atoms with van der Waals surface area (Å²) in [4.78, 5) is 12.3. The van der Waals surface area contributed by atoms with E-state index in [9.17, 15) is 9.18 Å². The van der Waals surface area contributed by atoms with Gasteiger partial charge in [0.15, 0.2) is 5.69 Å². The molecule has 0 bridgehead atoms. The van der Waals surface area contributed by atoms with Crippen molar-refractivity contribution in [2.75, 3.05) is 6.61 Å². The summed E-state index contributed by atoms with van der Waals surface area (Å²) in [5.41, 5.74) is 0.591. The van der Waals surface area contributed by atoms with Gasteiger partial charge < -0.3 is 10.4 Å². The standard InChI is InChI=1S/C16H21FN4O2/c1-16(2,3)14(8-9-22)18-15(23)13-10-21(20-19-13)12-6-4-11(17)5-7-12/h4-7,10,14,22H,8-9H2,1-3H3,(H,18,23). The first-order chi connectivity index (χ1) is 10.8. The molecule has 0 fully saturated rings. The first-order valence-corrected chi connectivity index (χ1v) is 7.41. The van der Waals surface area contributed by atoms with Crippen molar-refractivity contribution in [1.29, 1.82) is 0 Å². The lowest BCUT2D eigenvalue weighted by molar-refractivity contribution is 0.0880. The molecule has 1 atom stereocenters. The minimum absolute atomic E-state index is 0.00944. The molecule has 1 heterocycles. The number of aliphatic hydroxyl groups is 1. The van der Waals surface area contributed by atoms with Crippen LogP contribution in [-0.2, 0) is 0 Å². The fourth-order valence-electron chi connectivity index (χ4n) is 2.17. The van der Waals surface area contributed by atoms with E-state index in [2.05, 4.69) is 15.6 Å². The molecule has 0 aliphatic carbocycles. The minimum Gasteiger partial charge on any atom is -0.396 e. The van der Waals surface area contributed by atoms with Gasteiger partial charge in [-0.15, -0.1) is 5.10 Å². The lowest BCUT2D eigenvalue weighted by Crippen LogP contribution is -2.44. The van der Waals surface area contributed by atoms with Gasteiger partial charge in [-0.25, -0.2) is 9.07 Å². The summed E-state index contributed by atoms with van der Waals surface area (Å²) in [6.07, 6.45) is 1.95. The van der Waals surface area contributed by atoms with Crippen molar-refractivity contribution in [3.63, 3.8) is 0 Å². The van der Waals surface area contributed by atoms with Crippen molar-refractivity contribution in [1.82, 2.24) is 20.3 Å². The zero-order chi connectivity index (χ0) is 17.0. The maximum Gasteiger partial charge on any atom is 0.273 e. The summed E-state index contributed by atoms with van der Waals surface area (Å²) in [6, 6.07) is 5.54. The molecule has 0 aliphatic heterocycles. The van der Waals surface area contributed by atoms with Crippen LogP contribution in [-0.4, -0.2) is 38.7 Å². The molecule has 1 aromatic heterocycles. The zero-order valence-corrected chi connectivity index (χ0v) is 13.5. The second-order valence-corrected chi connectivity index (χ2v) is 6.43. The molecule has 2 N–H and O–H groups in total. The first kappa shape index (κ1) is 17.1. The van der Waals surface area contributed by atoms with Gasteiger partial charge in [-0.2, -0.15) is 0 Å². The van der Waals surface area contributed by atoms with Crippen LogP contribution in [0.25, 0.3) is 5.69 Å². The number of amides is 1. The van der Waals surface area contributed by atoms with Crippen LogP contribution < -0.4 is 5.32 Å². The second kappa shape index (κ2) is 6.87. The van der Waals surface area contributed by atoms with E-state index in [1.807, 2.05) is 20.8 Å². The number of carbonyl (C=O) groups excluding carboxylic acids is 1. The molecule has 0 spiro atoms. The average molecular weight is 320 g/mol. The molecular formula is C16H21FN4O2. The molecule has 7 heteroatoms. The predicted octanol–water partition coefficient (Wildman–Crippen LogP) is 1.93. The largest absolute Gasteiger partial charge is 0.396 e. The van der Waals surface area contributed by atoms with Crippen LogP contribution in [0.15, 0.2) is 30.5 Å². The number of nitrogens with one attached hydrogen (secondary N) is 1. The van der Waals surface area contributed by atoms with Crippen LogP contribution in [0, 0.1) is 11.2 Å². The van der Waals surface area contributed by atoms with Crippen LogP contribution >= 0.6 is 0 Å². The number of hydrogen-bond donors (Lipinski definition) is 2. The Hall–Kier alpha value is -2.28. The summed E-state index contributed by atoms with van der Waals surface area (Å²) in [5.74, 6) is -0.699. The minimum atomic E-state index is -0.355. The Morgan fingerprint density at radius 1 is 1.35 bits per heavy atom. The van der Waals surface area contributed by atoms with E-state index in [1.165, 1.54) is 23.0 Å². The number of halogens is 1. The lowest BCUT2D eigenvalue weighted by atomic mass is 9.85. The van der Waals surface area contributed by atoms with E-state index in [1.54, 1.807) is 12.1 Å². The average Bonchev–Trinajstić information content (AvgIpc) is 2.96. The van der Waals surface area contributed by atoms with Gasteiger partial charge in [0.2, 0.25) is 0 Å². The lowest BCUT2D eigenvalue weighted by Gasteiger charge is -2.30. The Kier molecular flexibility index (Phi) is 5.10. The quantitative estimate of drug-likeness (QED) is 0.882. The van der Waals surface area contributed by atoms with E-state index in [4.69, 9.17) is 5.11 Å². The van der Waals surface area contributed by atoms with Crippen LogP contribution in [0.2, 0.25) is 0 Å². The van der Waals surface area contributed by atoms with E-state index >= 15 is 0 Å². The Morgan fingerprint density at radius 3 is 2.57 bits per heavy atom. The number of rotatable bonds is 5. The smallest absolute Gasteiger partial charge is 0.273 e. The SMILES string of the molecule is CC(C)(C)C(CCO)NC(=O)c1cn(-c2ccc(F)cc2)nn1. The normalized spacial score (nSPS) is 12.9. The van der Waals surface area contributed by atoms with Crippen molar-refractivity contribution in [2.24, 2.45) is 5.41 Å². The van der Waals surface area contributed by atoms with Crippen LogP contribution in [0.3, 0.4) is 0 Å². The highest BCUT2D eigenvalue weighted by atomic mass is 19.1. The number of aromatic nitrogens is 3. The van der Waals surface area contributed by atoms with Crippen molar-refractivity contribution < 1.29 is 14.3 Å². The van der Waals surface area contributed by atoms with E-state index in [-0.39, 0.29) is 35.5 Å². The first-order valence-electron chi connectivity index (χ1n) is 7.41. The van der Waals surface area contributed by atoms with Crippen LogP contribution in [0.5, 0.6) is 0 Å². The van der Waals surface area contributed by atoms with Gasteiger partial charge in [-0.3, -0.25) is 4.79 Å². The monoisotopic (exact) mass is 320 g/mol. The molecule has 1 unspecified atom stereocenters. The fraction of sp³-hybridized carbons (Fsp3) is 0.438. The molecule has 2 aromatic rings. The molecule has 23 heavy (non-hydrogen) atoms. The molecule has 124 valence electrons. The van der Waals surface area contributed by atoms with Gasteiger partial charge in [-0.1, -0.05) is 26.0 Å². The number of aliphatic hydroxyl groups excluding tert-OH is 1. The highest BCUT2D eigenvalue weighted by Gasteiger charge is 2.27. The van der Waals surface area contributed by atoms with Crippen molar-refractivity contribution in [2.45, 2.75) is 33.2 Å². The molecule has 2 rings (SSSR count). The molecule has 1 aromatic carbocycles. The molecule has 6 nitrogen and oxygen atoms in total. The predicted molar refractivity (Wildman–Crippen MR) is 83.7 cm³/mol. The van der Waals surface area contributed by atoms with Gasteiger partial charge in [0, 0.05) is 12.6 Å². The summed E-state index contributed by atoms with van der Waals surface area (Å²) >= 11 is 0. The van der Waals surface area contributed by atoms with Crippen molar-refractivity contribution in [3.05, 3.63) is 42.0 Å². The van der Waals surface area contributed by atoms with Gasteiger partial charge in [0.25, 0.3) is 5.91 Å². The molecule has 0 radical (unpaired) electrons. The number of benzene rings is 1. The Labute approximate surface area is 134 Å². The third-order valence-corrected chi connectivity index (χ3v) is 3.59. The van der Waals surface area contributed by atoms with Gasteiger partial charge in [0.1, 0.15) is 5.82 Å². The topological polar surface area (TPSA) is 80.0 Å². The molecular weight excluding hydrogens is 299 g/mol. The number of nitrogens with zero attached hydrogens (tertiary/aromatic N) is 3. The summed E-state index contributed by atoms with van der Waals surface area (Å²) in [5, 5.41) is 19.8. The Bertz CT molecular complexity index is 661. The highest BCUT2D eigenvalue weighted by Crippen LogP contribution is 2.22. The zero-order valence-electron chi connectivity index (χ0n) is 13.5.